The smallest absolute Gasteiger partial charge is 0.261 e. The lowest BCUT2D eigenvalue weighted by atomic mass is 9.57. The van der Waals surface area contributed by atoms with Gasteiger partial charge in [-0.15, -0.1) is 0 Å². The normalized spacial score (nSPS) is 32.7. The van der Waals surface area contributed by atoms with Crippen molar-refractivity contribution < 1.29 is 5.11 Å². The molecule has 180 valence electrons. The highest BCUT2D eigenvalue weighted by Crippen LogP contribution is 2.52. The minimum atomic E-state index is -0.212. The molecule has 0 aliphatic heterocycles. The van der Waals surface area contributed by atoms with Gasteiger partial charge in [-0.05, 0) is 94.4 Å². The lowest BCUT2D eigenvalue weighted by molar-refractivity contribution is 0.0292. The van der Waals surface area contributed by atoms with Crippen molar-refractivity contribution in [3.8, 4) is 0 Å². The second-order valence-electron chi connectivity index (χ2n) is 11.3. The minimum absolute atomic E-state index is 0.0178. The molecule has 6 rings (SSSR count). The molecule has 0 aromatic carbocycles. The molecule has 0 radical (unpaired) electrons. The van der Waals surface area contributed by atoms with Crippen LogP contribution in [0.25, 0.3) is 10.9 Å². The second-order valence-corrected chi connectivity index (χ2v) is 11.3. The van der Waals surface area contributed by atoms with Crippen LogP contribution in [0.2, 0.25) is 0 Å². The van der Waals surface area contributed by atoms with Gasteiger partial charge in [-0.1, -0.05) is 6.92 Å². The third-order valence-corrected chi connectivity index (χ3v) is 8.94. The maximum Gasteiger partial charge on any atom is 0.261 e. The van der Waals surface area contributed by atoms with Crippen LogP contribution in [0.1, 0.15) is 96.0 Å². The maximum absolute atomic E-state index is 13.6. The Balaban J connectivity index is 1.55. The van der Waals surface area contributed by atoms with Gasteiger partial charge in [-0.2, -0.15) is 0 Å². The molecule has 2 bridgehead atoms. The van der Waals surface area contributed by atoms with E-state index in [1.54, 1.807) is 6.20 Å². The highest BCUT2D eigenvalue weighted by atomic mass is 16.3. The van der Waals surface area contributed by atoms with Gasteiger partial charge in [0.1, 0.15) is 0 Å². The van der Waals surface area contributed by atoms with Crippen LogP contribution in [0.3, 0.4) is 0 Å². The van der Waals surface area contributed by atoms with Crippen LogP contribution in [-0.2, 0) is 6.54 Å². The van der Waals surface area contributed by atoms with E-state index in [-0.39, 0.29) is 28.7 Å². The predicted octanol–water partition coefficient (Wildman–Crippen LogP) is 4.07. The molecule has 0 saturated heterocycles. The second kappa shape index (κ2) is 8.66. The first-order chi connectivity index (χ1) is 15.8. The number of hydrogen-bond donors (Lipinski definition) is 3. The third kappa shape index (κ3) is 4.42. The molecule has 2 heterocycles. The Hall–Kier alpha value is -1.99. The molecule has 0 amide bonds. The monoisotopic (exact) mass is 453 g/mol. The molecule has 7 heteroatoms. The van der Waals surface area contributed by atoms with Crippen molar-refractivity contribution >= 4 is 16.9 Å². The van der Waals surface area contributed by atoms with Crippen LogP contribution < -0.4 is 16.6 Å². The van der Waals surface area contributed by atoms with E-state index >= 15 is 0 Å². The molecule has 4 fully saturated rings. The van der Waals surface area contributed by atoms with E-state index in [2.05, 4.69) is 30.3 Å². The molecule has 7 nitrogen and oxygen atoms in total. The van der Waals surface area contributed by atoms with Crippen molar-refractivity contribution in [2.75, 3.05) is 5.32 Å². The van der Waals surface area contributed by atoms with Crippen molar-refractivity contribution in [1.82, 2.24) is 14.5 Å². The zero-order valence-electron chi connectivity index (χ0n) is 20.1. The number of anilines is 1. The number of aliphatic hydroxyl groups is 1. The van der Waals surface area contributed by atoms with E-state index in [1.807, 2.05) is 4.57 Å². The number of nitrogens with zero attached hydrogens (tertiary/aromatic N) is 3. The fraction of sp³-hybridized carbons (Fsp3) is 0.731. The highest BCUT2D eigenvalue weighted by molar-refractivity contribution is 5.81. The van der Waals surface area contributed by atoms with Gasteiger partial charge in [0.05, 0.1) is 17.0 Å². The summed E-state index contributed by atoms with van der Waals surface area (Å²) in [5.41, 5.74) is 8.68. The number of hydrogen-bond acceptors (Lipinski definition) is 6. The van der Waals surface area contributed by atoms with Crippen molar-refractivity contribution in [3.63, 3.8) is 0 Å². The van der Waals surface area contributed by atoms with Crippen LogP contribution in [0, 0.1) is 5.41 Å². The molecule has 1 atom stereocenters. The predicted molar refractivity (Wildman–Crippen MR) is 131 cm³/mol. The summed E-state index contributed by atoms with van der Waals surface area (Å²) in [6.07, 6.45) is 14.5. The SMILES string of the molecule is CC[C@H](C)Nc1ncc2c(=O)n(CC34CCC(N)(CC3)CC4)cc(C3CCC(O)CC3)c2n1. The summed E-state index contributed by atoms with van der Waals surface area (Å²) < 4.78 is 1.96. The molecular formula is C26H39N5O2. The zero-order valence-corrected chi connectivity index (χ0v) is 20.1. The average molecular weight is 454 g/mol. The van der Waals surface area contributed by atoms with Gasteiger partial charge in [0.25, 0.3) is 5.56 Å². The van der Waals surface area contributed by atoms with Gasteiger partial charge >= 0.3 is 0 Å². The lowest BCUT2D eigenvalue weighted by Gasteiger charge is -2.52. The number of aliphatic hydroxyl groups excluding tert-OH is 1. The summed E-state index contributed by atoms with van der Waals surface area (Å²) in [6.45, 7) is 4.99. The average Bonchev–Trinajstić information content (AvgIpc) is 2.82. The summed E-state index contributed by atoms with van der Waals surface area (Å²) in [5, 5.41) is 14.0. The van der Waals surface area contributed by atoms with Crippen molar-refractivity contribution in [1.29, 1.82) is 0 Å². The number of rotatable bonds is 6. The first kappa shape index (κ1) is 22.8. The van der Waals surface area contributed by atoms with Crippen molar-refractivity contribution in [3.05, 3.63) is 28.3 Å². The summed E-state index contributed by atoms with van der Waals surface area (Å²) in [6, 6.07) is 0.266. The molecule has 4 N–H and O–H groups in total. The summed E-state index contributed by atoms with van der Waals surface area (Å²) >= 11 is 0. The Morgan fingerprint density at radius 1 is 1.18 bits per heavy atom. The molecule has 4 saturated carbocycles. The molecule has 2 aromatic rings. The fourth-order valence-corrected chi connectivity index (χ4v) is 6.29. The van der Waals surface area contributed by atoms with Crippen LogP contribution in [0.5, 0.6) is 0 Å². The number of nitrogens with two attached hydrogens (primary N) is 1. The Kier molecular flexibility index (Phi) is 5.98. The highest BCUT2D eigenvalue weighted by Gasteiger charge is 2.46. The third-order valence-electron chi connectivity index (χ3n) is 8.94. The van der Waals surface area contributed by atoms with Crippen LogP contribution >= 0.6 is 0 Å². The lowest BCUT2D eigenvalue weighted by Crippen LogP contribution is -2.53. The zero-order chi connectivity index (χ0) is 23.2. The quantitative estimate of drug-likeness (QED) is 0.609. The molecule has 0 unspecified atom stereocenters. The maximum atomic E-state index is 13.6. The number of pyridine rings is 1. The van der Waals surface area contributed by atoms with E-state index in [0.717, 1.165) is 88.3 Å². The topological polar surface area (TPSA) is 106 Å². The van der Waals surface area contributed by atoms with E-state index in [1.165, 1.54) is 0 Å². The van der Waals surface area contributed by atoms with Crippen molar-refractivity contribution in [2.45, 2.75) is 115 Å². The summed E-state index contributed by atoms with van der Waals surface area (Å²) in [7, 11) is 0. The summed E-state index contributed by atoms with van der Waals surface area (Å²) in [5.74, 6) is 0.893. The van der Waals surface area contributed by atoms with E-state index in [4.69, 9.17) is 10.7 Å². The Morgan fingerprint density at radius 3 is 2.48 bits per heavy atom. The first-order valence-electron chi connectivity index (χ1n) is 12.9. The first-order valence-corrected chi connectivity index (χ1v) is 12.9. The molecule has 4 aliphatic rings. The van der Waals surface area contributed by atoms with Gasteiger partial charge in [-0.3, -0.25) is 4.79 Å². The minimum Gasteiger partial charge on any atom is -0.393 e. The number of fused-ring (bicyclic) bond motifs is 4. The number of nitrogens with one attached hydrogen (secondary N) is 1. The van der Waals surface area contributed by atoms with Crippen molar-refractivity contribution in [2.24, 2.45) is 11.1 Å². The van der Waals surface area contributed by atoms with Gasteiger partial charge < -0.3 is 20.7 Å². The summed E-state index contributed by atoms with van der Waals surface area (Å²) in [4.78, 5) is 23.0. The Morgan fingerprint density at radius 2 is 1.85 bits per heavy atom. The molecular weight excluding hydrogens is 414 g/mol. The van der Waals surface area contributed by atoms with Gasteiger partial charge in [0.2, 0.25) is 5.95 Å². The van der Waals surface area contributed by atoms with Crippen LogP contribution in [0.15, 0.2) is 17.2 Å². The molecule has 0 spiro atoms. The van der Waals surface area contributed by atoms with Gasteiger partial charge in [0, 0.05) is 30.5 Å². The van der Waals surface area contributed by atoms with Crippen LogP contribution in [0.4, 0.5) is 5.95 Å². The molecule has 33 heavy (non-hydrogen) atoms. The van der Waals surface area contributed by atoms with Crippen LogP contribution in [-0.4, -0.2) is 37.3 Å². The van der Waals surface area contributed by atoms with E-state index in [0.29, 0.717) is 17.3 Å². The largest absolute Gasteiger partial charge is 0.393 e. The van der Waals surface area contributed by atoms with Gasteiger partial charge in [-0.25, -0.2) is 9.97 Å². The Labute approximate surface area is 196 Å². The standard InChI is InChI=1S/C26H39N5O2/c1-3-17(2)29-24-28-14-20-22(30-24)21(18-4-6-19(32)7-5-18)15-31(23(20)33)16-25-8-11-26(27,12-9-25)13-10-25/h14-15,17-19,32H,3-13,16,27H2,1-2H3,(H,28,29,30)/t17-,18?,19?,25?,26?/m0/s1. The van der Waals surface area contributed by atoms with E-state index < -0.39 is 0 Å². The van der Waals surface area contributed by atoms with Gasteiger partial charge in [0.15, 0.2) is 0 Å². The number of aromatic nitrogens is 3. The Bertz CT molecular complexity index is 1050. The fourth-order valence-electron chi connectivity index (χ4n) is 6.29. The molecule has 2 aromatic heterocycles. The van der Waals surface area contributed by atoms with E-state index in [9.17, 15) is 9.90 Å². The molecule has 4 aliphatic carbocycles.